The van der Waals surface area contributed by atoms with Crippen LogP contribution >= 0.6 is 0 Å². The first-order valence-corrected chi connectivity index (χ1v) is 11.0. The molecule has 0 unspecified atom stereocenters. The molecule has 0 amide bonds. The van der Waals surface area contributed by atoms with Gasteiger partial charge in [-0.15, -0.1) is 0 Å². The first-order valence-electron chi connectivity index (χ1n) is 11.0. The second-order valence-electron chi connectivity index (χ2n) is 8.39. The second-order valence-corrected chi connectivity index (χ2v) is 8.39. The number of esters is 1. The van der Waals surface area contributed by atoms with Gasteiger partial charge in [-0.1, -0.05) is 68.5 Å². The Labute approximate surface area is 176 Å². The zero-order chi connectivity index (χ0) is 21.1. The Morgan fingerprint density at radius 3 is 2.72 bits per heavy atom. The molecular weight excluding hydrogens is 360 g/mol. The number of hydrogen-bond acceptors (Lipinski definition) is 3. The molecule has 1 aromatic rings. The minimum absolute atomic E-state index is 0.0967. The average Bonchev–Trinajstić information content (AvgIpc) is 3.00. The molecule has 29 heavy (non-hydrogen) atoms. The van der Waals surface area contributed by atoms with E-state index in [2.05, 4.69) is 73.2 Å². The molecule has 4 atom stereocenters. The maximum atomic E-state index is 12.5. The maximum Gasteiger partial charge on any atom is 0.305 e. The van der Waals surface area contributed by atoms with Gasteiger partial charge in [-0.2, -0.15) is 0 Å². The van der Waals surface area contributed by atoms with Gasteiger partial charge in [0.1, 0.15) is 5.78 Å². The van der Waals surface area contributed by atoms with Gasteiger partial charge < -0.3 is 4.74 Å². The molecule has 2 rings (SSSR count). The first kappa shape index (κ1) is 23.1. The largest absolute Gasteiger partial charge is 0.469 e. The van der Waals surface area contributed by atoms with Gasteiger partial charge in [-0.3, -0.25) is 9.59 Å². The number of allylic oxidation sites excluding steroid dienone is 4. The van der Waals surface area contributed by atoms with Crippen LogP contribution in [0, 0.1) is 23.7 Å². The summed E-state index contributed by atoms with van der Waals surface area (Å²) in [6.07, 6.45) is 14.6. The fraction of sp³-hybridized carbons (Fsp3) is 0.538. The number of unbranched alkanes of at least 4 members (excludes halogenated alkanes) is 1. The Morgan fingerprint density at radius 2 is 2.00 bits per heavy atom. The number of carbonyl (C=O) groups excluding carboxylic acids is 2. The van der Waals surface area contributed by atoms with Gasteiger partial charge in [0.25, 0.3) is 0 Å². The van der Waals surface area contributed by atoms with Gasteiger partial charge in [0.2, 0.25) is 0 Å². The lowest BCUT2D eigenvalue weighted by atomic mass is 9.86. The molecule has 0 N–H and O–H groups in total. The lowest BCUT2D eigenvalue weighted by Gasteiger charge is -2.17. The molecule has 3 nitrogen and oxygen atoms in total. The van der Waals surface area contributed by atoms with Crippen molar-refractivity contribution in [2.75, 3.05) is 7.11 Å². The van der Waals surface area contributed by atoms with Crippen molar-refractivity contribution in [3.8, 4) is 0 Å². The zero-order valence-corrected chi connectivity index (χ0v) is 18.2. The Kier molecular flexibility index (Phi) is 9.90. The van der Waals surface area contributed by atoms with Crippen LogP contribution in [0.2, 0.25) is 0 Å². The number of methoxy groups -OCH3 is 1. The molecule has 0 saturated heterocycles. The maximum absolute atomic E-state index is 12.5. The number of benzene rings is 1. The molecule has 0 aliphatic heterocycles. The highest BCUT2D eigenvalue weighted by molar-refractivity contribution is 5.84. The Morgan fingerprint density at radius 1 is 1.24 bits per heavy atom. The van der Waals surface area contributed by atoms with E-state index < -0.39 is 0 Å². The molecular formula is C26H36O3. The van der Waals surface area contributed by atoms with Crippen LogP contribution in [0.5, 0.6) is 0 Å². The van der Waals surface area contributed by atoms with E-state index in [4.69, 9.17) is 0 Å². The predicted molar refractivity (Wildman–Crippen MR) is 118 cm³/mol. The number of aryl methyl sites for hydroxylation is 1. The third-order valence-electron chi connectivity index (χ3n) is 5.99. The minimum Gasteiger partial charge on any atom is -0.469 e. The smallest absolute Gasteiger partial charge is 0.305 e. The van der Waals surface area contributed by atoms with Crippen LogP contribution in [0.1, 0.15) is 57.9 Å². The van der Waals surface area contributed by atoms with Crippen molar-refractivity contribution in [2.45, 2.75) is 58.8 Å². The van der Waals surface area contributed by atoms with Gasteiger partial charge in [0.15, 0.2) is 0 Å². The summed E-state index contributed by atoms with van der Waals surface area (Å²) >= 11 is 0. The Hall–Kier alpha value is -2.16. The highest BCUT2D eigenvalue weighted by atomic mass is 16.5. The summed E-state index contributed by atoms with van der Waals surface area (Å²) in [5.74, 6) is 1.58. The standard InChI is InChI=1S/C26H36O3/c1-20(15-17-22-11-7-6-8-12-22)16-18-23-21(2)19-25(27)24(23)13-9-4-5-10-14-26(28)29-3/h4,6-9,11-12,16,18,20-21,23-24H,5,10,13-15,17,19H2,1-3H3/b9-4-,18-16+/t20-,21+,23-,24+/m0/s1. The normalized spacial score (nSPS) is 23.1. The fourth-order valence-corrected chi connectivity index (χ4v) is 4.11. The van der Waals surface area contributed by atoms with Crippen LogP contribution in [-0.4, -0.2) is 18.9 Å². The van der Waals surface area contributed by atoms with E-state index in [1.165, 1.54) is 12.7 Å². The molecule has 0 spiro atoms. The van der Waals surface area contributed by atoms with Gasteiger partial charge >= 0.3 is 5.97 Å². The van der Waals surface area contributed by atoms with Crippen molar-refractivity contribution < 1.29 is 14.3 Å². The molecule has 1 saturated carbocycles. The number of rotatable bonds is 11. The summed E-state index contributed by atoms with van der Waals surface area (Å²) in [5, 5.41) is 0. The molecule has 0 aromatic heterocycles. The van der Waals surface area contributed by atoms with Crippen molar-refractivity contribution >= 4 is 11.8 Å². The molecule has 0 heterocycles. The van der Waals surface area contributed by atoms with Crippen molar-refractivity contribution in [1.82, 2.24) is 0 Å². The highest BCUT2D eigenvalue weighted by Gasteiger charge is 2.37. The summed E-state index contributed by atoms with van der Waals surface area (Å²) in [6, 6.07) is 10.6. The third kappa shape index (κ3) is 8.00. The molecule has 1 aromatic carbocycles. The van der Waals surface area contributed by atoms with E-state index in [9.17, 15) is 9.59 Å². The Bertz CT molecular complexity index is 689. The first-order chi connectivity index (χ1) is 14.0. The van der Waals surface area contributed by atoms with Crippen LogP contribution in [-0.2, 0) is 20.7 Å². The quantitative estimate of drug-likeness (QED) is 0.264. The van der Waals surface area contributed by atoms with Gasteiger partial charge in [0, 0.05) is 18.8 Å². The lowest BCUT2D eigenvalue weighted by molar-refractivity contribution is -0.140. The SMILES string of the molecule is COC(=O)CCC/C=C\C[C@H]1C(=O)C[C@@H](C)[C@@H]1/C=C/[C@@H](C)CCc1ccccc1. The summed E-state index contributed by atoms with van der Waals surface area (Å²) in [4.78, 5) is 23.6. The van der Waals surface area contributed by atoms with Gasteiger partial charge in [0.05, 0.1) is 7.11 Å². The molecule has 0 radical (unpaired) electrons. The number of carbonyl (C=O) groups is 2. The molecule has 1 fully saturated rings. The number of Topliss-reactive ketones (excluding diaryl/α,β-unsaturated/α-hetero) is 1. The van der Waals surface area contributed by atoms with Crippen LogP contribution in [0.3, 0.4) is 0 Å². The van der Waals surface area contributed by atoms with Crippen molar-refractivity contribution in [3.05, 3.63) is 60.2 Å². The fourth-order valence-electron chi connectivity index (χ4n) is 4.11. The number of ketones is 1. The lowest BCUT2D eigenvalue weighted by Crippen LogP contribution is -2.14. The number of hydrogen-bond donors (Lipinski definition) is 0. The van der Waals surface area contributed by atoms with E-state index in [0.29, 0.717) is 36.4 Å². The second kappa shape index (κ2) is 12.4. The highest BCUT2D eigenvalue weighted by Crippen LogP contribution is 2.37. The molecule has 3 heteroatoms. The summed E-state index contributed by atoms with van der Waals surface area (Å²) in [7, 11) is 1.42. The van der Waals surface area contributed by atoms with Crippen LogP contribution in [0.15, 0.2) is 54.6 Å². The average molecular weight is 397 g/mol. The molecule has 1 aliphatic rings. The van der Waals surface area contributed by atoms with Crippen molar-refractivity contribution in [3.63, 3.8) is 0 Å². The van der Waals surface area contributed by atoms with Crippen molar-refractivity contribution in [2.24, 2.45) is 23.7 Å². The van der Waals surface area contributed by atoms with E-state index in [-0.39, 0.29) is 11.9 Å². The van der Waals surface area contributed by atoms with E-state index in [1.807, 2.05) is 0 Å². The monoisotopic (exact) mass is 396 g/mol. The van der Waals surface area contributed by atoms with Gasteiger partial charge in [-0.05, 0) is 55.4 Å². The summed E-state index contributed by atoms with van der Waals surface area (Å²) in [6.45, 7) is 4.46. The molecule has 158 valence electrons. The van der Waals surface area contributed by atoms with Crippen LogP contribution in [0.4, 0.5) is 0 Å². The van der Waals surface area contributed by atoms with E-state index in [0.717, 1.165) is 32.1 Å². The van der Waals surface area contributed by atoms with Crippen molar-refractivity contribution in [1.29, 1.82) is 0 Å². The van der Waals surface area contributed by atoms with Gasteiger partial charge in [-0.25, -0.2) is 0 Å². The zero-order valence-electron chi connectivity index (χ0n) is 18.2. The molecule has 1 aliphatic carbocycles. The van der Waals surface area contributed by atoms with Crippen LogP contribution in [0.25, 0.3) is 0 Å². The van der Waals surface area contributed by atoms with Crippen LogP contribution < -0.4 is 0 Å². The Balaban J connectivity index is 1.81. The van der Waals surface area contributed by atoms with E-state index >= 15 is 0 Å². The topological polar surface area (TPSA) is 43.4 Å². The summed E-state index contributed by atoms with van der Waals surface area (Å²) < 4.78 is 4.65. The summed E-state index contributed by atoms with van der Waals surface area (Å²) in [5.41, 5.74) is 1.38. The molecule has 0 bridgehead atoms. The third-order valence-corrected chi connectivity index (χ3v) is 5.99. The van der Waals surface area contributed by atoms with E-state index in [1.54, 1.807) is 0 Å². The number of ether oxygens (including phenoxy) is 1. The predicted octanol–water partition coefficient (Wildman–Crippen LogP) is 5.94. The minimum atomic E-state index is -0.162.